The Labute approximate surface area is 120 Å². The molecule has 0 heterocycles. The number of amides is 1. The smallest absolute Gasteiger partial charge is 0.336 e. The second-order valence-electron chi connectivity index (χ2n) is 4.57. The zero-order chi connectivity index (χ0) is 16.0. The van der Waals surface area contributed by atoms with Crippen LogP contribution in [-0.2, 0) is 14.4 Å². The Morgan fingerprint density at radius 3 is 2.29 bits per heavy atom. The predicted octanol–water partition coefficient (Wildman–Crippen LogP) is 0.119. The van der Waals surface area contributed by atoms with Gasteiger partial charge < -0.3 is 15.3 Å². The van der Waals surface area contributed by atoms with E-state index < -0.39 is 36.3 Å². The number of carboxylic acid groups (broad SMARTS) is 2. The molecule has 0 fully saturated rings. The average molecular weight is 296 g/mol. The number of nitrogens with one attached hydrogen (secondary N) is 2. The van der Waals surface area contributed by atoms with Gasteiger partial charge in [-0.15, -0.1) is 0 Å². The van der Waals surface area contributed by atoms with E-state index in [0.717, 1.165) is 5.56 Å². The molecule has 1 aromatic rings. The Balaban J connectivity index is 2.65. The van der Waals surface area contributed by atoms with Gasteiger partial charge in [-0.3, -0.25) is 20.4 Å². The first-order chi connectivity index (χ1) is 9.74. The maximum Gasteiger partial charge on any atom is 0.336 e. The van der Waals surface area contributed by atoms with Crippen molar-refractivity contribution in [3.63, 3.8) is 0 Å². The van der Waals surface area contributed by atoms with E-state index in [9.17, 15) is 19.5 Å². The number of carboxylic acids is 2. The van der Waals surface area contributed by atoms with E-state index in [4.69, 9.17) is 10.2 Å². The van der Waals surface area contributed by atoms with Crippen LogP contribution in [0.4, 0.5) is 5.69 Å². The molecule has 1 aromatic carbocycles. The Morgan fingerprint density at radius 2 is 1.76 bits per heavy atom. The lowest BCUT2D eigenvalue weighted by Gasteiger charge is -2.21. The van der Waals surface area contributed by atoms with E-state index in [-0.39, 0.29) is 0 Å². The first kappa shape index (κ1) is 16.4. The van der Waals surface area contributed by atoms with Crippen molar-refractivity contribution in [1.82, 2.24) is 5.43 Å². The summed E-state index contributed by atoms with van der Waals surface area (Å²) in [5.74, 6) is -4.13. The van der Waals surface area contributed by atoms with E-state index in [1.54, 1.807) is 31.2 Å². The van der Waals surface area contributed by atoms with Crippen LogP contribution in [0.3, 0.4) is 0 Å². The monoisotopic (exact) mass is 296 g/mol. The molecule has 0 aliphatic rings. The molecule has 0 aromatic heterocycles. The number of carbonyl (C=O) groups excluding carboxylic acids is 1. The molecule has 1 amide bonds. The van der Waals surface area contributed by atoms with Gasteiger partial charge in [0.15, 0.2) is 5.60 Å². The summed E-state index contributed by atoms with van der Waals surface area (Å²) in [6.07, 6.45) is -1.95. The molecule has 0 radical (unpaired) electrons. The van der Waals surface area contributed by atoms with E-state index in [1.165, 1.54) is 0 Å². The normalized spacial score (nSPS) is 13.0. The minimum atomic E-state index is -2.65. The van der Waals surface area contributed by atoms with Crippen LogP contribution in [0.1, 0.15) is 18.4 Å². The summed E-state index contributed by atoms with van der Waals surface area (Å²) >= 11 is 0. The van der Waals surface area contributed by atoms with Crippen molar-refractivity contribution < 1.29 is 29.7 Å². The Kier molecular flexibility index (Phi) is 5.25. The quantitative estimate of drug-likeness (QED) is 0.451. The van der Waals surface area contributed by atoms with Gasteiger partial charge in [-0.2, -0.15) is 0 Å². The van der Waals surface area contributed by atoms with Crippen molar-refractivity contribution in [1.29, 1.82) is 0 Å². The number of carbonyl (C=O) groups is 3. The van der Waals surface area contributed by atoms with Crippen LogP contribution in [0.15, 0.2) is 24.3 Å². The van der Waals surface area contributed by atoms with Gasteiger partial charge in [-0.1, -0.05) is 18.2 Å². The van der Waals surface area contributed by atoms with Crippen LogP contribution >= 0.6 is 0 Å². The second kappa shape index (κ2) is 6.71. The molecule has 5 N–H and O–H groups in total. The summed E-state index contributed by atoms with van der Waals surface area (Å²) in [5, 5.41) is 27.1. The average Bonchev–Trinajstić information content (AvgIpc) is 2.36. The summed E-state index contributed by atoms with van der Waals surface area (Å²) in [6.45, 7) is 1.80. The molecule has 0 spiro atoms. The fourth-order valence-corrected chi connectivity index (χ4v) is 1.62. The van der Waals surface area contributed by atoms with E-state index in [1.807, 2.05) is 0 Å². The van der Waals surface area contributed by atoms with E-state index in [0.29, 0.717) is 5.69 Å². The van der Waals surface area contributed by atoms with Gasteiger partial charge >= 0.3 is 11.9 Å². The standard InChI is InChI=1S/C13H16N2O6/c1-8-4-2-3-5-9(8)14-15-10(16)6-13(21,12(19)20)7-11(17)18/h2-5,14,21H,6-7H2,1H3,(H,15,16)(H,17,18)(H,19,20). The first-order valence-electron chi connectivity index (χ1n) is 6.02. The summed E-state index contributed by atoms with van der Waals surface area (Å²) in [7, 11) is 0. The lowest BCUT2D eigenvalue weighted by atomic mass is 9.95. The van der Waals surface area contributed by atoms with Crippen molar-refractivity contribution in [2.45, 2.75) is 25.4 Å². The molecule has 1 rings (SSSR count). The van der Waals surface area contributed by atoms with E-state index >= 15 is 0 Å². The van der Waals surface area contributed by atoms with Crippen molar-refractivity contribution in [2.24, 2.45) is 0 Å². The van der Waals surface area contributed by atoms with E-state index in [2.05, 4.69) is 10.9 Å². The van der Waals surface area contributed by atoms with Crippen molar-refractivity contribution in [2.75, 3.05) is 5.43 Å². The molecule has 8 heteroatoms. The van der Waals surface area contributed by atoms with Crippen LogP contribution in [0.25, 0.3) is 0 Å². The van der Waals surface area contributed by atoms with Gasteiger partial charge in [0.05, 0.1) is 18.5 Å². The number of anilines is 1. The summed E-state index contributed by atoms with van der Waals surface area (Å²) in [5.41, 5.74) is 3.59. The minimum Gasteiger partial charge on any atom is -0.481 e. The highest BCUT2D eigenvalue weighted by Gasteiger charge is 2.40. The molecular formula is C13H16N2O6. The molecule has 0 aliphatic heterocycles. The highest BCUT2D eigenvalue weighted by Crippen LogP contribution is 2.16. The van der Waals surface area contributed by atoms with Gasteiger partial charge in [0, 0.05) is 0 Å². The van der Waals surface area contributed by atoms with Gasteiger partial charge in [0.1, 0.15) is 0 Å². The molecule has 0 aliphatic carbocycles. The number of hydrogen-bond acceptors (Lipinski definition) is 5. The van der Waals surface area contributed by atoms with Crippen molar-refractivity contribution in [3.8, 4) is 0 Å². The molecule has 1 unspecified atom stereocenters. The number of hydrazine groups is 1. The zero-order valence-corrected chi connectivity index (χ0v) is 11.3. The highest BCUT2D eigenvalue weighted by atomic mass is 16.4. The van der Waals surface area contributed by atoms with Gasteiger partial charge in [0.25, 0.3) is 0 Å². The van der Waals surface area contributed by atoms with Crippen LogP contribution in [0, 0.1) is 6.92 Å². The molecule has 1 atom stereocenters. The SMILES string of the molecule is Cc1ccccc1NNC(=O)CC(O)(CC(=O)O)C(=O)O. The van der Waals surface area contributed by atoms with Crippen molar-refractivity contribution >= 4 is 23.5 Å². The van der Waals surface area contributed by atoms with Crippen LogP contribution in [0.2, 0.25) is 0 Å². The van der Waals surface area contributed by atoms with Gasteiger partial charge in [0.2, 0.25) is 5.91 Å². The summed E-state index contributed by atoms with van der Waals surface area (Å²) in [4.78, 5) is 33.1. The van der Waals surface area contributed by atoms with Crippen LogP contribution in [-0.4, -0.2) is 38.8 Å². The van der Waals surface area contributed by atoms with Crippen LogP contribution in [0.5, 0.6) is 0 Å². The fraction of sp³-hybridized carbons (Fsp3) is 0.308. The number of aliphatic hydroxyl groups is 1. The fourth-order valence-electron chi connectivity index (χ4n) is 1.62. The molecular weight excluding hydrogens is 280 g/mol. The highest BCUT2D eigenvalue weighted by molar-refractivity contribution is 5.90. The summed E-state index contributed by atoms with van der Waals surface area (Å²) < 4.78 is 0. The third-order valence-corrected chi connectivity index (χ3v) is 2.78. The molecule has 8 nitrogen and oxygen atoms in total. The number of hydrogen-bond donors (Lipinski definition) is 5. The number of rotatable bonds is 7. The molecule has 21 heavy (non-hydrogen) atoms. The topological polar surface area (TPSA) is 136 Å². The molecule has 0 saturated carbocycles. The van der Waals surface area contributed by atoms with Crippen LogP contribution < -0.4 is 10.9 Å². The third-order valence-electron chi connectivity index (χ3n) is 2.78. The number of aliphatic carboxylic acids is 2. The number of aryl methyl sites for hydroxylation is 1. The Hall–Kier alpha value is -2.61. The Bertz CT molecular complexity index is 559. The number of para-hydroxylation sites is 1. The molecule has 114 valence electrons. The lowest BCUT2D eigenvalue weighted by molar-refractivity contribution is -0.167. The molecule has 0 bridgehead atoms. The maximum absolute atomic E-state index is 11.6. The Morgan fingerprint density at radius 1 is 1.14 bits per heavy atom. The third kappa shape index (κ3) is 4.77. The maximum atomic E-state index is 11.6. The minimum absolute atomic E-state index is 0.600. The summed E-state index contributed by atoms with van der Waals surface area (Å²) in [6, 6.07) is 7.03. The van der Waals surface area contributed by atoms with Gasteiger partial charge in [-0.05, 0) is 18.6 Å². The zero-order valence-electron chi connectivity index (χ0n) is 11.3. The molecule has 0 saturated heterocycles. The first-order valence-corrected chi connectivity index (χ1v) is 6.02. The lowest BCUT2D eigenvalue weighted by Crippen LogP contribution is -2.46. The van der Waals surface area contributed by atoms with Gasteiger partial charge in [-0.25, -0.2) is 4.79 Å². The van der Waals surface area contributed by atoms with Crippen molar-refractivity contribution in [3.05, 3.63) is 29.8 Å². The largest absolute Gasteiger partial charge is 0.481 e. The number of benzene rings is 1. The predicted molar refractivity (Wildman–Crippen MR) is 72.4 cm³/mol. The second-order valence-corrected chi connectivity index (χ2v) is 4.57.